The molecule has 178 valence electrons. The summed E-state index contributed by atoms with van der Waals surface area (Å²) >= 11 is 1.45. The number of aryl methyl sites for hydroxylation is 1. The summed E-state index contributed by atoms with van der Waals surface area (Å²) in [4.78, 5) is 27.2. The minimum Gasteiger partial charge on any atom is -0.490 e. The number of nitrogens with one attached hydrogen (secondary N) is 2. The van der Waals surface area contributed by atoms with E-state index < -0.39 is 5.91 Å². The largest absolute Gasteiger partial charge is 0.490 e. The molecule has 0 fully saturated rings. The molecule has 2 N–H and O–H groups in total. The molecule has 8 nitrogen and oxygen atoms in total. The number of fused-ring (bicyclic) bond motifs is 2. The number of carbonyl (C=O) groups excluding carboxylic acids is 2. The van der Waals surface area contributed by atoms with Crippen LogP contribution in [0, 0.1) is 0 Å². The molecule has 4 heterocycles. The number of amides is 2. The highest BCUT2D eigenvalue weighted by molar-refractivity contribution is 7.17. The Labute approximate surface area is 205 Å². The molecule has 1 aliphatic heterocycles. The van der Waals surface area contributed by atoms with Gasteiger partial charge in [-0.1, -0.05) is 5.16 Å². The number of hydrogen-bond acceptors (Lipinski definition) is 7. The van der Waals surface area contributed by atoms with Crippen LogP contribution in [0.1, 0.15) is 56.0 Å². The average molecular weight is 490 g/mol. The van der Waals surface area contributed by atoms with Crippen LogP contribution in [0.5, 0.6) is 5.75 Å². The van der Waals surface area contributed by atoms with Crippen LogP contribution in [0.4, 0.5) is 5.00 Å². The summed E-state index contributed by atoms with van der Waals surface area (Å²) in [7, 11) is 0. The molecule has 0 bridgehead atoms. The van der Waals surface area contributed by atoms with E-state index in [4.69, 9.17) is 13.7 Å². The standard InChI is InChI=1S/C26H23N3O5S/c1-14-10-16-11-15(7-8-20(16)33-14)21-12-19(29-34-21)24(30)28-26-23(18-5-2-6-22(18)35-26)25(31)27-13-17-4-3-9-32-17/h3-4,7-9,11-12,14H,2,5-6,10,13H2,1H3,(H,27,31)(H,28,30). The lowest BCUT2D eigenvalue weighted by Gasteiger charge is -2.08. The Hall–Kier alpha value is -3.85. The lowest BCUT2D eigenvalue weighted by Crippen LogP contribution is -2.25. The maximum Gasteiger partial charge on any atom is 0.278 e. The highest BCUT2D eigenvalue weighted by Crippen LogP contribution is 2.39. The molecule has 0 spiro atoms. The van der Waals surface area contributed by atoms with Crippen molar-refractivity contribution in [2.45, 2.75) is 45.3 Å². The van der Waals surface area contributed by atoms with Crippen molar-refractivity contribution in [1.29, 1.82) is 0 Å². The molecule has 0 saturated heterocycles. The van der Waals surface area contributed by atoms with Gasteiger partial charge in [-0.2, -0.15) is 0 Å². The predicted octanol–water partition coefficient (Wildman–Crippen LogP) is 4.99. The molecule has 2 aliphatic rings. The minimum absolute atomic E-state index is 0.147. The first-order chi connectivity index (χ1) is 17.0. The summed E-state index contributed by atoms with van der Waals surface area (Å²) in [5, 5.41) is 10.3. The normalized spacial score (nSPS) is 16.0. The Morgan fingerprint density at radius 2 is 2.09 bits per heavy atom. The van der Waals surface area contributed by atoms with E-state index in [1.54, 1.807) is 24.5 Å². The second kappa shape index (κ2) is 8.74. The number of benzene rings is 1. The van der Waals surface area contributed by atoms with Crippen molar-refractivity contribution in [3.8, 4) is 17.1 Å². The number of rotatable bonds is 6. The Morgan fingerprint density at radius 1 is 1.17 bits per heavy atom. The van der Waals surface area contributed by atoms with Gasteiger partial charge in [0.2, 0.25) is 0 Å². The molecule has 6 rings (SSSR count). The van der Waals surface area contributed by atoms with Gasteiger partial charge in [-0.3, -0.25) is 9.59 Å². The van der Waals surface area contributed by atoms with Crippen LogP contribution < -0.4 is 15.4 Å². The number of hydrogen-bond donors (Lipinski definition) is 2. The van der Waals surface area contributed by atoms with Crippen molar-refractivity contribution in [2.75, 3.05) is 5.32 Å². The molecule has 2 amide bonds. The molecule has 1 aromatic carbocycles. The molecule has 1 aliphatic carbocycles. The molecule has 0 radical (unpaired) electrons. The fourth-order valence-corrected chi connectivity index (χ4v) is 5.94. The minimum atomic E-state index is -0.418. The first kappa shape index (κ1) is 21.7. The lowest BCUT2D eigenvalue weighted by atomic mass is 10.1. The van der Waals surface area contributed by atoms with Gasteiger partial charge in [-0.05, 0) is 67.6 Å². The van der Waals surface area contributed by atoms with Crippen molar-refractivity contribution in [1.82, 2.24) is 10.5 Å². The summed E-state index contributed by atoms with van der Waals surface area (Å²) in [5.74, 6) is 1.40. The van der Waals surface area contributed by atoms with Crippen LogP contribution in [-0.4, -0.2) is 23.1 Å². The molecule has 1 atom stereocenters. The van der Waals surface area contributed by atoms with Crippen molar-refractivity contribution >= 4 is 28.2 Å². The van der Waals surface area contributed by atoms with Crippen LogP contribution >= 0.6 is 11.3 Å². The first-order valence-electron chi connectivity index (χ1n) is 11.6. The molecule has 4 aromatic rings. The Bertz CT molecular complexity index is 1420. The third kappa shape index (κ3) is 4.12. The zero-order valence-corrected chi connectivity index (χ0v) is 19.9. The molecule has 35 heavy (non-hydrogen) atoms. The number of anilines is 1. The van der Waals surface area contributed by atoms with E-state index in [1.807, 2.05) is 25.1 Å². The van der Waals surface area contributed by atoms with Crippen LogP contribution in [-0.2, 0) is 25.8 Å². The van der Waals surface area contributed by atoms with Gasteiger partial charge < -0.3 is 24.3 Å². The molecule has 0 saturated carbocycles. The van der Waals surface area contributed by atoms with E-state index in [2.05, 4.69) is 15.8 Å². The Morgan fingerprint density at radius 3 is 2.94 bits per heavy atom. The maximum atomic E-state index is 13.1. The van der Waals surface area contributed by atoms with E-state index in [0.717, 1.165) is 53.0 Å². The van der Waals surface area contributed by atoms with Crippen LogP contribution in [0.15, 0.2) is 51.6 Å². The van der Waals surface area contributed by atoms with Gasteiger partial charge in [0.05, 0.1) is 18.4 Å². The van der Waals surface area contributed by atoms with Crippen molar-refractivity contribution in [3.05, 3.63) is 75.7 Å². The fraction of sp³-hybridized carbons (Fsp3) is 0.269. The van der Waals surface area contributed by atoms with E-state index in [9.17, 15) is 9.59 Å². The van der Waals surface area contributed by atoms with E-state index >= 15 is 0 Å². The van der Waals surface area contributed by atoms with E-state index in [-0.39, 0.29) is 24.2 Å². The van der Waals surface area contributed by atoms with Crippen LogP contribution in [0.3, 0.4) is 0 Å². The SMILES string of the molecule is CC1Cc2cc(-c3cc(C(=O)Nc4sc5c(c4C(=O)NCc4ccco4)CCC5)no3)ccc2O1. The number of thiophene rings is 1. The molecular weight excluding hydrogens is 466 g/mol. The van der Waals surface area contributed by atoms with Gasteiger partial charge in [0.1, 0.15) is 22.6 Å². The lowest BCUT2D eigenvalue weighted by molar-refractivity contribution is 0.0948. The van der Waals surface area contributed by atoms with Crippen molar-refractivity contribution in [2.24, 2.45) is 0 Å². The predicted molar refractivity (Wildman–Crippen MR) is 130 cm³/mol. The highest BCUT2D eigenvalue weighted by Gasteiger charge is 2.28. The molecular formula is C26H23N3O5S. The van der Waals surface area contributed by atoms with Gasteiger partial charge >= 0.3 is 0 Å². The zero-order valence-electron chi connectivity index (χ0n) is 19.1. The summed E-state index contributed by atoms with van der Waals surface area (Å²) < 4.78 is 16.5. The second-order valence-corrected chi connectivity index (χ2v) is 9.91. The summed E-state index contributed by atoms with van der Waals surface area (Å²) in [6.07, 6.45) is 5.28. The van der Waals surface area contributed by atoms with Crippen LogP contribution in [0.25, 0.3) is 11.3 Å². The van der Waals surface area contributed by atoms with E-state index in [0.29, 0.717) is 22.1 Å². The number of ether oxygens (including phenoxy) is 1. The number of nitrogens with zero attached hydrogens (tertiary/aromatic N) is 1. The molecule has 1 unspecified atom stereocenters. The second-order valence-electron chi connectivity index (χ2n) is 8.81. The number of furan rings is 1. The van der Waals surface area contributed by atoms with Gasteiger partial charge in [0.25, 0.3) is 11.8 Å². The van der Waals surface area contributed by atoms with Crippen molar-refractivity contribution < 1.29 is 23.3 Å². The van der Waals surface area contributed by atoms with Gasteiger partial charge in [-0.25, -0.2) is 0 Å². The number of aromatic nitrogens is 1. The topological polar surface area (TPSA) is 107 Å². The first-order valence-corrected chi connectivity index (χ1v) is 12.4. The quantitative estimate of drug-likeness (QED) is 0.395. The highest BCUT2D eigenvalue weighted by atomic mass is 32.1. The van der Waals surface area contributed by atoms with Gasteiger partial charge in [-0.15, -0.1) is 11.3 Å². The van der Waals surface area contributed by atoms with E-state index in [1.165, 1.54) is 11.3 Å². The third-order valence-corrected chi connectivity index (χ3v) is 7.51. The monoisotopic (exact) mass is 489 g/mol. The Balaban J connectivity index is 1.21. The molecule has 3 aromatic heterocycles. The summed E-state index contributed by atoms with van der Waals surface area (Å²) in [6.45, 7) is 2.31. The fourth-order valence-electron chi connectivity index (χ4n) is 4.66. The average Bonchev–Trinajstić information content (AvgIpc) is 3.65. The van der Waals surface area contributed by atoms with Gasteiger partial charge in [0.15, 0.2) is 11.5 Å². The zero-order chi connectivity index (χ0) is 23.9. The Kier molecular flexibility index (Phi) is 5.41. The summed E-state index contributed by atoms with van der Waals surface area (Å²) in [5.41, 5.74) is 3.63. The van der Waals surface area contributed by atoms with Crippen molar-refractivity contribution in [3.63, 3.8) is 0 Å². The third-order valence-electron chi connectivity index (χ3n) is 6.30. The number of carbonyl (C=O) groups is 2. The smallest absolute Gasteiger partial charge is 0.278 e. The summed E-state index contributed by atoms with van der Waals surface area (Å²) in [6, 6.07) is 11.0. The molecule has 9 heteroatoms. The van der Waals surface area contributed by atoms with Crippen LogP contribution in [0.2, 0.25) is 0 Å². The van der Waals surface area contributed by atoms with Gasteiger partial charge in [0, 0.05) is 22.9 Å². The maximum absolute atomic E-state index is 13.1.